The maximum absolute atomic E-state index is 12.0. The van der Waals surface area contributed by atoms with Crippen LogP contribution in [0.2, 0.25) is 0 Å². The van der Waals surface area contributed by atoms with Crippen molar-refractivity contribution in [2.45, 2.75) is 13.3 Å². The van der Waals surface area contributed by atoms with E-state index in [1.807, 2.05) is 37.3 Å². The van der Waals surface area contributed by atoms with Gasteiger partial charge in [-0.2, -0.15) is 0 Å². The molecule has 2 aromatic heterocycles. The Bertz CT molecular complexity index is 715. The highest BCUT2D eigenvalue weighted by Gasteiger charge is 2.11. The first kappa shape index (κ1) is 12.8. The van der Waals surface area contributed by atoms with Gasteiger partial charge in [0.1, 0.15) is 5.76 Å². The van der Waals surface area contributed by atoms with Gasteiger partial charge in [-0.3, -0.25) is 4.79 Å². The molecule has 0 aliphatic carbocycles. The summed E-state index contributed by atoms with van der Waals surface area (Å²) in [5.41, 5.74) is 1.70. The Morgan fingerprint density at radius 3 is 3.00 bits per heavy atom. The van der Waals surface area contributed by atoms with Crippen molar-refractivity contribution in [2.24, 2.45) is 0 Å². The lowest BCUT2D eigenvalue weighted by molar-refractivity contribution is 0.0953. The average Bonchev–Trinajstić information content (AvgIpc) is 3.04. The van der Waals surface area contributed by atoms with Gasteiger partial charge in [0.15, 0.2) is 5.01 Å². The summed E-state index contributed by atoms with van der Waals surface area (Å²) in [4.78, 5) is 16.3. The molecule has 3 rings (SSSR count). The average molecular weight is 287 g/mol. The molecule has 0 saturated heterocycles. The van der Waals surface area contributed by atoms with Crippen LogP contribution in [0.5, 0.6) is 0 Å². The fraction of sp³-hybridized carbons (Fsp3) is 0.214. The van der Waals surface area contributed by atoms with Crippen LogP contribution < -0.4 is 5.32 Å². The first-order chi connectivity index (χ1) is 9.72. The lowest BCUT2D eigenvalue weighted by atomic mass is 10.3. The lowest BCUT2D eigenvalue weighted by Crippen LogP contribution is -2.25. The summed E-state index contributed by atoms with van der Waals surface area (Å²) in [6.07, 6.45) is 0.622. The van der Waals surface area contributed by atoms with E-state index in [4.69, 9.17) is 4.52 Å². The normalized spacial score (nSPS) is 10.8. The zero-order valence-corrected chi connectivity index (χ0v) is 11.7. The van der Waals surface area contributed by atoms with E-state index in [-0.39, 0.29) is 5.91 Å². The molecule has 0 fully saturated rings. The van der Waals surface area contributed by atoms with Gasteiger partial charge in [-0.1, -0.05) is 17.3 Å². The molecule has 0 aliphatic rings. The fourth-order valence-corrected chi connectivity index (χ4v) is 2.76. The van der Waals surface area contributed by atoms with Crippen LogP contribution in [0.15, 0.2) is 34.9 Å². The molecule has 0 spiro atoms. The second-order valence-electron chi connectivity index (χ2n) is 4.43. The van der Waals surface area contributed by atoms with Crippen LogP contribution in [0, 0.1) is 6.92 Å². The largest absolute Gasteiger partial charge is 0.361 e. The number of hydrogen-bond donors (Lipinski definition) is 1. The first-order valence-corrected chi connectivity index (χ1v) is 7.10. The summed E-state index contributed by atoms with van der Waals surface area (Å²) < 4.78 is 6.10. The molecule has 1 amide bonds. The van der Waals surface area contributed by atoms with Crippen LogP contribution in [0.25, 0.3) is 10.2 Å². The quantitative estimate of drug-likeness (QED) is 0.800. The molecular formula is C14H13N3O2S. The van der Waals surface area contributed by atoms with Crippen molar-refractivity contribution >= 4 is 27.5 Å². The minimum atomic E-state index is -0.151. The maximum atomic E-state index is 12.0. The van der Waals surface area contributed by atoms with E-state index >= 15 is 0 Å². The molecule has 0 aliphatic heterocycles. The van der Waals surface area contributed by atoms with E-state index in [1.165, 1.54) is 11.3 Å². The Hall–Kier alpha value is -2.21. The molecule has 1 N–H and O–H groups in total. The van der Waals surface area contributed by atoms with Crippen LogP contribution in [-0.2, 0) is 6.42 Å². The molecule has 2 heterocycles. The van der Waals surface area contributed by atoms with Crippen LogP contribution in [0.4, 0.5) is 0 Å². The standard InChI is InChI=1S/C14H13N3O2S/c1-9-8-10(19-17-9)6-7-15-13(18)14-16-11-4-2-3-5-12(11)20-14/h2-5,8H,6-7H2,1H3,(H,15,18). The van der Waals surface area contributed by atoms with Gasteiger partial charge < -0.3 is 9.84 Å². The number of carbonyl (C=O) groups is 1. The zero-order valence-electron chi connectivity index (χ0n) is 10.9. The Kier molecular flexibility index (Phi) is 3.47. The molecule has 3 aromatic rings. The van der Waals surface area contributed by atoms with Gasteiger partial charge in [0.2, 0.25) is 0 Å². The lowest BCUT2D eigenvalue weighted by Gasteiger charge is -1.99. The third kappa shape index (κ3) is 2.70. The third-order valence-corrected chi connectivity index (χ3v) is 3.86. The second kappa shape index (κ2) is 5.42. The molecule has 102 valence electrons. The second-order valence-corrected chi connectivity index (χ2v) is 5.46. The van der Waals surface area contributed by atoms with Crippen LogP contribution >= 0.6 is 11.3 Å². The van der Waals surface area contributed by atoms with Gasteiger partial charge in [-0.15, -0.1) is 11.3 Å². The van der Waals surface area contributed by atoms with Crippen LogP contribution in [-0.4, -0.2) is 22.6 Å². The highest BCUT2D eigenvalue weighted by atomic mass is 32.1. The zero-order chi connectivity index (χ0) is 13.9. The van der Waals surface area contributed by atoms with Gasteiger partial charge >= 0.3 is 0 Å². The van der Waals surface area contributed by atoms with Gasteiger partial charge in [0, 0.05) is 19.0 Å². The molecule has 0 saturated carbocycles. The Labute approximate surface area is 119 Å². The predicted octanol–water partition coefficient (Wildman–Crippen LogP) is 2.57. The molecule has 1 aromatic carbocycles. The molecular weight excluding hydrogens is 274 g/mol. The molecule has 0 atom stereocenters. The summed E-state index contributed by atoms with van der Waals surface area (Å²) in [6, 6.07) is 9.58. The summed E-state index contributed by atoms with van der Waals surface area (Å²) in [7, 11) is 0. The van der Waals surface area contributed by atoms with Gasteiger partial charge in [-0.05, 0) is 19.1 Å². The summed E-state index contributed by atoms with van der Waals surface area (Å²) in [6.45, 7) is 2.37. The molecule has 0 bridgehead atoms. The SMILES string of the molecule is Cc1cc(CCNC(=O)c2nc3ccccc3s2)on1. The van der Waals surface area contributed by atoms with Gasteiger partial charge in [0.05, 0.1) is 15.9 Å². The van der Waals surface area contributed by atoms with Crippen molar-refractivity contribution < 1.29 is 9.32 Å². The third-order valence-electron chi connectivity index (χ3n) is 2.82. The minimum Gasteiger partial charge on any atom is -0.361 e. The number of para-hydroxylation sites is 1. The fourth-order valence-electron chi connectivity index (χ4n) is 1.88. The van der Waals surface area contributed by atoms with Crippen molar-refractivity contribution in [2.75, 3.05) is 6.54 Å². The number of carbonyl (C=O) groups excluding carboxylic acids is 1. The maximum Gasteiger partial charge on any atom is 0.280 e. The Morgan fingerprint density at radius 1 is 1.40 bits per heavy atom. The van der Waals surface area contributed by atoms with E-state index < -0.39 is 0 Å². The first-order valence-electron chi connectivity index (χ1n) is 6.28. The van der Waals surface area contributed by atoms with Crippen LogP contribution in [0.1, 0.15) is 21.3 Å². The number of fused-ring (bicyclic) bond motifs is 1. The number of amides is 1. The van der Waals surface area contributed by atoms with Crippen molar-refractivity contribution in [3.63, 3.8) is 0 Å². The number of thiazole rings is 1. The van der Waals surface area contributed by atoms with E-state index in [0.717, 1.165) is 21.7 Å². The smallest absolute Gasteiger partial charge is 0.280 e. The highest BCUT2D eigenvalue weighted by Crippen LogP contribution is 2.21. The van der Waals surface area contributed by atoms with Crippen molar-refractivity contribution in [1.82, 2.24) is 15.5 Å². The number of rotatable bonds is 4. The molecule has 20 heavy (non-hydrogen) atoms. The number of nitrogens with one attached hydrogen (secondary N) is 1. The van der Waals surface area contributed by atoms with Crippen molar-refractivity contribution in [3.8, 4) is 0 Å². The predicted molar refractivity (Wildman–Crippen MR) is 76.9 cm³/mol. The van der Waals surface area contributed by atoms with E-state index in [2.05, 4.69) is 15.5 Å². The van der Waals surface area contributed by atoms with E-state index in [9.17, 15) is 4.79 Å². The van der Waals surface area contributed by atoms with Gasteiger partial charge in [0.25, 0.3) is 5.91 Å². The Balaban J connectivity index is 1.61. The van der Waals surface area contributed by atoms with Crippen molar-refractivity contribution in [3.05, 3.63) is 46.8 Å². The summed E-state index contributed by atoms with van der Waals surface area (Å²) in [5.74, 6) is 0.620. The number of aryl methyl sites for hydroxylation is 1. The summed E-state index contributed by atoms with van der Waals surface area (Å²) >= 11 is 1.40. The minimum absolute atomic E-state index is 0.151. The summed E-state index contributed by atoms with van der Waals surface area (Å²) in [5, 5.41) is 7.13. The van der Waals surface area contributed by atoms with E-state index in [1.54, 1.807) is 0 Å². The number of benzene rings is 1. The molecule has 0 unspecified atom stereocenters. The van der Waals surface area contributed by atoms with Crippen molar-refractivity contribution in [1.29, 1.82) is 0 Å². The monoisotopic (exact) mass is 287 g/mol. The number of nitrogens with zero attached hydrogens (tertiary/aromatic N) is 2. The molecule has 0 radical (unpaired) electrons. The topological polar surface area (TPSA) is 68.0 Å². The van der Waals surface area contributed by atoms with Gasteiger partial charge in [-0.25, -0.2) is 4.98 Å². The molecule has 6 heteroatoms. The molecule has 5 nitrogen and oxygen atoms in total. The van der Waals surface area contributed by atoms with E-state index in [0.29, 0.717) is 18.0 Å². The Morgan fingerprint density at radius 2 is 2.25 bits per heavy atom. The number of hydrogen-bond acceptors (Lipinski definition) is 5. The number of aromatic nitrogens is 2. The highest BCUT2D eigenvalue weighted by molar-refractivity contribution is 7.20. The van der Waals surface area contributed by atoms with Crippen LogP contribution in [0.3, 0.4) is 0 Å².